The van der Waals surface area contributed by atoms with E-state index in [1.54, 1.807) is 6.21 Å². The molecule has 1 heterocycles. The highest BCUT2D eigenvalue weighted by Gasteiger charge is 1.96. The third-order valence-electron chi connectivity index (χ3n) is 3.64. The van der Waals surface area contributed by atoms with E-state index >= 15 is 0 Å². The molecule has 0 bridgehead atoms. The summed E-state index contributed by atoms with van der Waals surface area (Å²) in [5.41, 5.74) is 4.92. The first-order chi connectivity index (χ1) is 11.8. The van der Waals surface area contributed by atoms with Crippen molar-refractivity contribution in [2.24, 2.45) is 5.10 Å². The van der Waals surface area contributed by atoms with Crippen LogP contribution < -0.4 is 10.2 Å². The minimum Gasteiger partial charge on any atom is -0.494 e. The lowest BCUT2D eigenvalue weighted by Crippen LogP contribution is -1.96. The largest absolute Gasteiger partial charge is 0.494 e. The molecule has 0 aliphatic rings. The van der Waals surface area contributed by atoms with E-state index in [0.29, 0.717) is 0 Å². The van der Waals surface area contributed by atoms with Gasteiger partial charge in [0, 0.05) is 5.39 Å². The van der Waals surface area contributed by atoms with Crippen molar-refractivity contribution in [1.29, 1.82) is 0 Å². The van der Waals surface area contributed by atoms with Gasteiger partial charge in [-0.1, -0.05) is 31.5 Å². The molecule has 4 nitrogen and oxygen atoms in total. The van der Waals surface area contributed by atoms with Crippen molar-refractivity contribution >= 4 is 22.9 Å². The molecule has 0 saturated heterocycles. The van der Waals surface area contributed by atoms with Crippen molar-refractivity contribution in [3.63, 3.8) is 0 Å². The van der Waals surface area contributed by atoms with Crippen molar-refractivity contribution in [3.8, 4) is 5.75 Å². The maximum atomic E-state index is 5.65. The highest BCUT2D eigenvalue weighted by atomic mass is 16.5. The number of nitrogens with zero attached hydrogens (tertiary/aromatic N) is 2. The molecule has 0 saturated carbocycles. The summed E-state index contributed by atoms with van der Waals surface area (Å²) < 4.78 is 5.65. The van der Waals surface area contributed by atoms with E-state index in [1.165, 1.54) is 0 Å². The molecule has 24 heavy (non-hydrogen) atoms. The van der Waals surface area contributed by atoms with Crippen molar-refractivity contribution in [2.75, 3.05) is 12.0 Å². The molecular formula is C20H21N3O. The fraction of sp³-hybridized carbons (Fsp3) is 0.200. The molecule has 0 aliphatic heterocycles. The molecule has 0 radical (unpaired) electrons. The number of rotatable bonds is 7. The van der Waals surface area contributed by atoms with Crippen molar-refractivity contribution in [1.82, 2.24) is 4.98 Å². The number of hydrazone groups is 1. The first-order valence-corrected chi connectivity index (χ1v) is 8.23. The zero-order chi connectivity index (χ0) is 16.6. The lowest BCUT2D eigenvalue weighted by atomic mass is 10.2. The summed E-state index contributed by atoms with van der Waals surface area (Å²) >= 11 is 0. The maximum absolute atomic E-state index is 5.65. The molecular weight excluding hydrogens is 298 g/mol. The Morgan fingerprint density at radius 1 is 1.04 bits per heavy atom. The van der Waals surface area contributed by atoms with Gasteiger partial charge in [-0.15, -0.1) is 0 Å². The monoisotopic (exact) mass is 319 g/mol. The van der Waals surface area contributed by atoms with Gasteiger partial charge in [-0.05, 0) is 54.4 Å². The van der Waals surface area contributed by atoms with Gasteiger partial charge in [0.05, 0.1) is 18.3 Å². The highest BCUT2D eigenvalue weighted by molar-refractivity contribution is 5.81. The SMILES string of the molecule is CCCCOc1ccc(/C=N/Nc2ccc3ccccc3n2)cc1. The van der Waals surface area contributed by atoms with Gasteiger partial charge in [-0.2, -0.15) is 5.10 Å². The lowest BCUT2D eigenvalue weighted by molar-refractivity contribution is 0.309. The van der Waals surface area contributed by atoms with E-state index in [2.05, 4.69) is 22.4 Å². The zero-order valence-electron chi connectivity index (χ0n) is 13.8. The summed E-state index contributed by atoms with van der Waals surface area (Å²) in [6, 6.07) is 19.9. The van der Waals surface area contributed by atoms with Gasteiger partial charge in [0.1, 0.15) is 11.6 Å². The Bertz CT molecular complexity index is 812. The molecule has 0 fully saturated rings. The molecule has 3 rings (SSSR count). The Kier molecular flexibility index (Phi) is 5.40. The first-order valence-electron chi connectivity index (χ1n) is 8.23. The predicted molar refractivity (Wildman–Crippen MR) is 99.8 cm³/mol. The average Bonchev–Trinajstić information content (AvgIpc) is 2.63. The molecule has 1 aromatic heterocycles. The topological polar surface area (TPSA) is 46.5 Å². The summed E-state index contributed by atoms with van der Waals surface area (Å²) in [4.78, 5) is 4.52. The summed E-state index contributed by atoms with van der Waals surface area (Å²) in [6.45, 7) is 2.92. The molecule has 1 N–H and O–H groups in total. The normalized spacial score (nSPS) is 11.0. The second-order valence-electron chi connectivity index (χ2n) is 5.53. The van der Waals surface area contributed by atoms with Crippen LogP contribution in [0.5, 0.6) is 5.75 Å². The third-order valence-corrected chi connectivity index (χ3v) is 3.64. The fourth-order valence-electron chi connectivity index (χ4n) is 2.29. The Balaban J connectivity index is 1.58. The number of para-hydroxylation sites is 1. The van der Waals surface area contributed by atoms with Crippen molar-refractivity contribution in [2.45, 2.75) is 19.8 Å². The van der Waals surface area contributed by atoms with Gasteiger partial charge in [-0.3, -0.25) is 5.43 Å². The van der Waals surface area contributed by atoms with Crippen LogP contribution in [0.3, 0.4) is 0 Å². The number of benzene rings is 2. The van der Waals surface area contributed by atoms with Crippen LogP contribution in [0, 0.1) is 0 Å². The van der Waals surface area contributed by atoms with E-state index in [4.69, 9.17) is 4.74 Å². The van der Waals surface area contributed by atoms with Gasteiger partial charge >= 0.3 is 0 Å². The highest BCUT2D eigenvalue weighted by Crippen LogP contribution is 2.15. The Morgan fingerprint density at radius 2 is 1.88 bits per heavy atom. The molecule has 0 spiro atoms. The fourth-order valence-corrected chi connectivity index (χ4v) is 2.29. The van der Waals surface area contributed by atoms with Crippen LogP contribution >= 0.6 is 0 Å². The minimum absolute atomic E-state index is 0.726. The molecule has 0 amide bonds. The number of ether oxygens (including phenoxy) is 1. The van der Waals surface area contributed by atoms with Gasteiger partial charge in [-0.25, -0.2) is 4.98 Å². The molecule has 0 atom stereocenters. The van der Waals surface area contributed by atoms with Crippen LogP contribution in [-0.2, 0) is 0 Å². The molecule has 3 aromatic rings. The van der Waals surface area contributed by atoms with E-state index in [9.17, 15) is 0 Å². The van der Waals surface area contributed by atoms with Gasteiger partial charge in [0.25, 0.3) is 0 Å². The number of nitrogens with one attached hydrogen (secondary N) is 1. The van der Waals surface area contributed by atoms with Crippen LogP contribution in [-0.4, -0.2) is 17.8 Å². The van der Waals surface area contributed by atoms with Gasteiger partial charge in [0.15, 0.2) is 0 Å². The first kappa shape index (κ1) is 16.0. The number of hydrogen-bond acceptors (Lipinski definition) is 4. The van der Waals surface area contributed by atoms with Crippen LogP contribution in [0.25, 0.3) is 10.9 Å². The Hall–Kier alpha value is -2.88. The third kappa shape index (κ3) is 4.32. The van der Waals surface area contributed by atoms with E-state index in [0.717, 1.165) is 47.5 Å². The summed E-state index contributed by atoms with van der Waals surface area (Å²) in [6.07, 6.45) is 3.98. The van der Waals surface area contributed by atoms with Crippen LogP contribution in [0.1, 0.15) is 25.3 Å². The van der Waals surface area contributed by atoms with E-state index in [-0.39, 0.29) is 0 Å². The second-order valence-corrected chi connectivity index (χ2v) is 5.53. The Labute approximate surface area is 142 Å². The van der Waals surface area contributed by atoms with Crippen LogP contribution in [0.15, 0.2) is 65.8 Å². The van der Waals surface area contributed by atoms with Crippen molar-refractivity contribution < 1.29 is 4.74 Å². The number of aromatic nitrogens is 1. The molecule has 0 aliphatic carbocycles. The lowest BCUT2D eigenvalue weighted by Gasteiger charge is -2.05. The van der Waals surface area contributed by atoms with Gasteiger partial charge in [0.2, 0.25) is 0 Å². The summed E-state index contributed by atoms with van der Waals surface area (Å²) in [5, 5.41) is 5.36. The number of fused-ring (bicyclic) bond motifs is 1. The summed E-state index contributed by atoms with van der Waals surface area (Å²) in [5.74, 6) is 1.62. The standard InChI is InChI=1S/C20H21N3O/c1-2-3-14-24-18-11-8-16(9-12-18)15-21-23-20-13-10-17-6-4-5-7-19(17)22-20/h4-13,15H,2-3,14H2,1H3,(H,22,23)/b21-15+. The quantitative estimate of drug-likeness (QED) is 0.384. The molecule has 2 aromatic carbocycles. The second kappa shape index (κ2) is 8.11. The number of anilines is 1. The average molecular weight is 319 g/mol. The molecule has 4 heteroatoms. The summed E-state index contributed by atoms with van der Waals surface area (Å²) in [7, 11) is 0. The van der Waals surface area contributed by atoms with Crippen LogP contribution in [0.4, 0.5) is 5.82 Å². The van der Waals surface area contributed by atoms with E-state index in [1.807, 2.05) is 60.7 Å². The minimum atomic E-state index is 0.726. The predicted octanol–water partition coefficient (Wildman–Crippen LogP) is 4.86. The van der Waals surface area contributed by atoms with E-state index < -0.39 is 0 Å². The number of unbranched alkanes of at least 4 members (excludes halogenated alkanes) is 1. The smallest absolute Gasteiger partial charge is 0.146 e. The molecule has 122 valence electrons. The van der Waals surface area contributed by atoms with Gasteiger partial charge < -0.3 is 4.74 Å². The van der Waals surface area contributed by atoms with Crippen LogP contribution in [0.2, 0.25) is 0 Å². The number of hydrogen-bond donors (Lipinski definition) is 1. The maximum Gasteiger partial charge on any atom is 0.146 e. The zero-order valence-corrected chi connectivity index (χ0v) is 13.8. The molecule has 0 unspecified atom stereocenters. The van der Waals surface area contributed by atoms with Crippen molar-refractivity contribution in [3.05, 3.63) is 66.2 Å². The number of pyridine rings is 1. The Morgan fingerprint density at radius 3 is 2.71 bits per heavy atom.